The highest BCUT2D eigenvalue weighted by Gasteiger charge is 2.25. The lowest BCUT2D eigenvalue weighted by molar-refractivity contribution is -0.135. The minimum absolute atomic E-state index is 0.0568. The van der Waals surface area contributed by atoms with Gasteiger partial charge in [-0.25, -0.2) is 4.79 Å². The summed E-state index contributed by atoms with van der Waals surface area (Å²) in [4.78, 5) is 26.7. The van der Waals surface area contributed by atoms with Gasteiger partial charge >= 0.3 is 6.03 Å². The van der Waals surface area contributed by atoms with E-state index >= 15 is 0 Å². The lowest BCUT2D eigenvalue weighted by atomic mass is 10.0. The average molecular weight is 241 g/mol. The first-order valence-corrected chi connectivity index (χ1v) is 6.18. The molecular formula is C12H23N3O2. The van der Waals surface area contributed by atoms with Crippen LogP contribution < -0.4 is 5.32 Å². The van der Waals surface area contributed by atoms with Crippen LogP contribution in [0.25, 0.3) is 0 Å². The number of urea groups is 1. The Balaban J connectivity index is 2.36. The highest BCUT2D eigenvalue weighted by Crippen LogP contribution is 2.13. The number of amides is 3. The third kappa shape index (κ3) is 3.91. The fraction of sp³-hybridized carbons (Fsp3) is 0.833. The van der Waals surface area contributed by atoms with Crippen LogP contribution in [0, 0.1) is 5.92 Å². The molecule has 1 saturated heterocycles. The predicted octanol–water partition coefficient (Wildman–Crippen LogP) is 0.905. The number of likely N-dealkylation sites (tertiary alicyclic amines) is 1. The molecule has 1 rings (SSSR count). The molecule has 1 fully saturated rings. The lowest BCUT2D eigenvalue weighted by Gasteiger charge is -2.33. The molecule has 17 heavy (non-hydrogen) atoms. The zero-order chi connectivity index (χ0) is 13.0. The summed E-state index contributed by atoms with van der Waals surface area (Å²) in [6.07, 6.45) is 1.69. The second-order valence-corrected chi connectivity index (χ2v) is 5.10. The Morgan fingerprint density at radius 2 is 1.76 bits per heavy atom. The van der Waals surface area contributed by atoms with Gasteiger partial charge in [-0.1, -0.05) is 13.8 Å². The molecule has 0 aromatic heterocycles. The third-order valence-corrected chi connectivity index (χ3v) is 3.03. The van der Waals surface area contributed by atoms with Crippen LogP contribution >= 0.6 is 0 Å². The smallest absolute Gasteiger partial charge is 0.317 e. The standard InChI is InChI=1S/C12H23N3O2/c1-9(2)11(16)15-7-5-10(6-8-15)13-12(17)14(3)4/h9-10H,5-8H2,1-4H3,(H,13,17). The molecule has 0 unspecified atom stereocenters. The van der Waals surface area contributed by atoms with Crippen LogP contribution in [0.15, 0.2) is 0 Å². The highest BCUT2D eigenvalue weighted by atomic mass is 16.2. The molecule has 0 spiro atoms. The van der Waals surface area contributed by atoms with E-state index in [9.17, 15) is 9.59 Å². The van der Waals surface area contributed by atoms with E-state index in [-0.39, 0.29) is 23.9 Å². The molecule has 0 aromatic rings. The number of carbonyl (C=O) groups excluding carboxylic acids is 2. The number of nitrogens with one attached hydrogen (secondary N) is 1. The summed E-state index contributed by atoms with van der Waals surface area (Å²) in [5, 5.41) is 2.96. The number of rotatable bonds is 2. The molecule has 0 aliphatic carbocycles. The van der Waals surface area contributed by atoms with Crippen molar-refractivity contribution in [2.75, 3.05) is 27.2 Å². The van der Waals surface area contributed by atoms with Gasteiger partial charge in [0.2, 0.25) is 5.91 Å². The minimum atomic E-state index is -0.0568. The zero-order valence-electron chi connectivity index (χ0n) is 11.2. The summed E-state index contributed by atoms with van der Waals surface area (Å²) in [5.41, 5.74) is 0. The second kappa shape index (κ2) is 5.89. The molecule has 0 atom stereocenters. The van der Waals surface area contributed by atoms with E-state index in [4.69, 9.17) is 0 Å². The van der Waals surface area contributed by atoms with Crippen molar-refractivity contribution in [2.45, 2.75) is 32.7 Å². The van der Waals surface area contributed by atoms with E-state index in [1.165, 1.54) is 4.90 Å². The minimum Gasteiger partial charge on any atom is -0.342 e. The maximum atomic E-state index is 11.8. The summed E-state index contributed by atoms with van der Waals surface area (Å²) in [5.74, 6) is 0.269. The topological polar surface area (TPSA) is 52.7 Å². The van der Waals surface area contributed by atoms with Crippen molar-refractivity contribution in [1.29, 1.82) is 0 Å². The third-order valence-electron chi connectivity index (χ3n) is 3.03. The van der Waals surface area contributed by atoms with Crippen LogP contribution in [0.4, 0.5) is 4.79 Å². The first-order valence-electron chi connectivity index (χ1n) is 6.18. The number of hydrogen-bond acceptors (Lipinski definition) is 2. The molecule has 1 N–H and O–H groups in total. The van der Waals surface area contributed by atoms with Gasteiger partial charge in [-0.3, -0.25) is 4.79 Å². The Morgan fingerprint density at radius 3 is 2.18 bits per heavy atom. The Bertz CT molecular complexity index is 281. The number of hydrogen-bond donors (Lipinski definition) is 1. The van der Waals surface area contributed by atoms with Gasteiger partial charge in [0, 0.05) is 39.1 Å². The monoisotopic (exact) mass is 241 g/mol. The fourth-order valence-electron chi connectivity index (χ4n) is 1.91. The quantitative estimate of drug-likeness (QED) is 0.781. The van der Waals surface area contributed by atoms with Gasteiger partial charge in [-0.15, -0.1) is 0 Å². The van der Waals surface area contributed by atoms with E-state index in [1.807, 2.05) is 18.7 Å². The van der Waals surface area contributed by atoms with Crippen LogP contribution in [0.3, 0.4) is 0 Å². The lowest BCUT2D eigenvalue weighted by Crippen LogP contribution is -2.49. The van der Waals surface area contributed by atoms with Gasteiger partial charge in [-0.2, -0.15) is 0 Å². The highest BCUT2D eigenvalue weighted by molar-refractivity contribution is 5.78. The zero-order valence-corrected chi connectivity index (χ0v) is 11.2. The van der Waals surface area contributed by atoms with Gasteiger partial charge in [0.25, 0.3) is 0 Å². The molecular weight excluding hydrogens is 218 g/mol. The van der Waals surface area contributed by atoms with E-state index in [0.29, 0.717) is 0 Å². The molecule has 1 heterocycles. The van der Waals surface area contributed by atoms with Gasteiger partial charge in [-0.05, 0) is 12.8 Å². The Hall–Kier alpha value is -1.26. The molecule has 5 heteroatoms. The molecule has 0 radical (unpaired) electrons. The van der Waals surface area contributed by atoms with Gasteiger partial charge in [0.1, 0.15) is 0 Å². The van der Waals surface area contributed by atoms with Crippen LogP contribution in [-0.4, -0.2) is 55.0 Å². The summed E-state index contributed by atoms with van der Waals surface area (Å²) < 4.78 is 0. The summed E-state index contributed by atoms with van der Waals surface area (Å²) in [6.45, 7) is 5.33. The van der Waals surface area contributed by atoms with Crippen LogP contribution in [-0.2, 0) is 4.79 Å². The van der Waals surface area contributed by atoms with Crippen LogP contribution in [0.1, 0.15) is 26.7 Å². The summed E-state index contributed by atoms with van der Waals surface area (Å²) in [7, 11) is 3.46. The summed E-state index contributed by atoms with van der Waals surface area (Å²) in [6, 6.07) is 0.139. The Morgan fingerprint density at radius 1 is 1.24 bits per heavy atom. The molecule has 1 aliphatic rings. The Kier molecular flexibility index (Phi) is 4.78. The van der Waals surface area contributed by atoms with Crippen molar-refractivity contribution in [3.8, 4) is 0 Å². The molecule has 0 saturated carbocycles. The van der Waals surface area contributed by atoms with Crippen molar-refractivity contribution in [3.63, 3.8) is 0 Å². The van der Waals surface area contributed by atoms with E-state index in [0.717, 1.165) is 25.9 Å². The predicted molar refractivity (Wildman–Crippen MR) is 66.7 cm³/mol. The molecule has 0 aromatic carbocycles. The first kappa shape index (κ1) is 13.8. The van der Waals surface area contributed by atoms with Crippen molar-refractivity contribution in [3.05, 3.63) is 0 Å². The van der Waals surface area contributed by atoms with Gasteiger partial charge < -0.3 is 15.1 Å². The van der Waals surface area contributed by atoms with Crippen molar-refractivity contribution < 1.29 is 9.59 Å². The van der Waals surface area contributed by atoms with Crippen molar-refractivity contribution in [1.82, 2.24) is 15.1 Å². The molecule has 0 bridgehead atoms. The maximum absolute atomic E-state index is 11.8. The first-order chi connectivity index (χ1) is 7.91. The molecule has 5 nitrogen and oxygen atoms in total. The number of piperidine rings is 1. The maximum Gasteiger partial charge on any atom is 0.317 e. The second-order valence-electron chi connectivity index (χ2n) is 5.10. The van der Waals surface area contributed by atoms with E-state index < -0.39 is 0 Å². The van der Waals surface area contributed by atoms with Crippen molar-refractivity contribution in [2.24, 2.45) is 5.92 Å². The van der Waals surface area contributed by atoms with E-state index in [1.54, 1.807) is 14.1 Å². The molecule has 98 valence electrons. The van der Waals surface area contributed by atoms with E-state index in [2.05, 4.69) is 5.32 Å². The number of carbonyl (C=O) groups is 2. The van der Waals surface area contributed by atoms with Crippen LogP contribution in [0.5, 0.6) is 0 Å². The van der Waals surface area contributed by atoms with Gasteiger partial charge in [0.15, 0.2) is 0 Å². The fourth-order valence-corrected chi connectivity index (χ4v) is 1.91. The average Bonchev–Trinajstić information content (AvgIpc) is 2.28. The molecule has 1 aliphatic heterocycles. The SMILES string of the molecule is CC(C)C(=O)N1CCC(NC(=O)N(C)C)CC1. The Labute approximate surface area is 103 Å². The largest absolute Gasteiger partial charge is 0.342 e. The number of nitrogens with zero attached hydrogens (tertiary/aromatic N) is 2. The van der Waals surface area contributed by atoms with Crippen molar-refractivity contribution >= 4 is 11.9 Å². The van der Waals surface area contributed by atoms with Crippen LogP contribution in [0.2, 0.25) is 0 Å². The molecule has 3 amide bonds. The normalized spacial score (nSPS) is 17.1. The summed E-state index contributed by atoms with van der Waals surface area (Å²) >= 11 is 0. The van der Waals surface area contributed by atoms with Gasteiger partial charge in [0.05, 0.1) is 0 Å².